The summed E-state index contributed by atoms with van der Waals surface area (Å²) < 4.78 is 37.1. The zero-order valence-electron chi connectivity index (χ0n) is 29.6. The van der Waals surface area contributed by atoms with Gasteiger partial charge in [0.05, 0.1) is 23.7 Å². The smallest absolute Gasteiger partial charge is 0.333 e. The number of carbonyl (C=O) groups excluding carboxylic acids is 3. The molecule has 2 heterocycles. The third-order valence-electron chi connectivity index (χ3n) is 11.3. The average Bonchev–Trinajstić information content (AvgIpc) is 3.81. The fourth-order valence-corrected chi connectivity index (χ4v) is 7.23. The Morgan fingerprint density at radius 3 is 2.15 bits per heavy atom. The Morgan fingerprint density at radius 1 is 1.02 bits per heavy atom. The molecule has 47 heavy (non-hydrogen) atoms. The molecule has 0 aromatic carbocycles. The fraction of sp³-hybridized carbons (Fsp3) is 0.750. The van der Waals surface area contributed by atoms with Crippen LogP contribution in [-0.2, 0) is 42.8 Å². The maximum atomic E-state index is 13.3. The lowest BCUT2D eigenvalue weighted by atomic mass is 9.53. The van der Waals surface area contributed by atoms with Crippen molar-refractivity contribution in [2.75, 3.05) is 0 Å². The molecule has 0 bridgehead atoms. The number of esters is 3. The van der Waals surface area contributed by atoms with Crippen molar-refractivity contribution in [3.05, 3.63) is 35.5 Å². The van der Waals surface area contributed by atoms with E-state index in [1.165, 1.54) is 0 Å². The lowest BCUT2D eigenvalue weighted by molar-refractivity contribution is -0.341. The van der Waals surface area contributed by atoms with E-state index in [-0.39, 0.29) is 5.41 Å². The van der Waals surface area contributed by atoms with E-state index in [0.29, 0.717) is 42.4 Å². The number of allylic oxidation sites excluding steroid dienone is 2. The van der Waals surface area contributed by atoms with Gasteiger partial charge in [-0.15, -0.1) is 0 Å². The molecule has 4 fully saturated rings. The molecule has 0 radical (unpaired) electrons. The van der Waals surface area contributed by atoms with Crippen LogP contribution >= 0.6 is 0 Å². The number of aliphatic hydroxyl groups excluding tert-OH is 1. The molecule has 2 aliphatic carbocycles. The van der Waals surface area contributed by atoms with Crippen LogP contribution in [0.15, 0.2) is 35.5 Å². The highest BCUT2D eigenvalue weighted by molar-refractivity contribution is 5.88. The molecule has 4 rings (SSSR count). The number of ether oxygens (including phenoxy) is 6. The lowest BCUT2D eigenvalue weighted by Crippen LogP contribution is -2.67. The molecule has 264 valence electrons. The SMILES string of the molecule is C=C1C(O)CCC2(C)CCC(O)(C(C)(C)OC3OC(C)C(OC(=O)C(C)=CC)C(OC(=O)C(C)CC)C3OC(=O)C(C)=CC)C3OC132. The second kappa shape index (κ2) is 13.4. The van der Waals surface area contributed by atoms with Crippen LogP contribution < -0.4 is 0 Å². The molecule has 1 spiro atoms. The Bertz CT molecular complexity index is 1320. The van der Waals surface area contributed by atoms with E-state index < -0.39 is 83.5 Å². The number of carbonyl (C=O) groups is 3. The largest absolute Gasteiger partial charge is 0.454 e. The van der Waals surface area contributed by atoms with Gasteiger partial charge in [-0.25, -0.2) is 9.59 Å². The van der Waals surface area contributed by atoms with Gasteiger partial charge in [-0.3, -0.25) is 4.79 Å². The second-order valence-corrected chi connectivity index (χ2v) is 14.5. The van der Waals surface area contributed by atoms with E-state index >= 15 is 0 Å². The predicted molar refractivity (Wildman–Crippen MR) is 172 cm³/mol. The Kier molecular flexibility index (Phi) is 10.6. The van der Waals surface area contributed by atoms with Gasteiger partial charge < -0.3 is 38.6 Å². The average molecular weight is 663 g/mol. The van der Waals surface area contributed by atoms with Crippen LogP contribution in [0.25, 0.3) is 0 Å². The summed E-state index contributed by atoms with van der Waals surface area (Å²) in [6.45, 7) is 21.5. The van der Waals surface area contributed by atoms with Gasteiger partial charge in [-0.05, 0) is 86.1 Å². The summed E-state index contributed by atoms with van der Waals surface area (Å²) in [4.78, 5) is 39.5. The molecule has 2 saturated heterocycles. The number of aliphatic hydroxyl groups is 2. The third-order valence-corrected chi connectivity index (χ3v) is 11.3. The van der Waals surface area contributed by atoms with Gasteiger partial charge in [0.1, 0.15) is 17.3 Å². The maximum absolute atomic E-state index is 13.3. The second-order valence-electron chi connectivity index (χ2n) is 14.5. The van der Waals surface area contributed by atoms with Crippen LogP contribution in [0.3, 0.4) is 0 Å². The first-order valence-corrected chi connectivity index (χ1v) is 16.8. The number of hydrogen-bond donors (Lipinski definition) is 2. The van der Waals surface area contributed by atoms with Crippen LogP contribution in [0, 0.1) is 11.3 Å². The third kappa shape index (κ3) is 6.34. The highest BCUT2D eigenvalue weighted by Gasteiger charge is 2.81. The first-order chi connectivity index (χ1) is 21.8. The monoisotopic (exact) mass is 662 g/mol. The van der Waals surface area contributed by atoms with Crippen molar-refractivity contribution < 1.29 is 53.0 Å². The molecule has 2 saturated carbocycles. The van der Waals surface area contributed by atoms with Gasteiger partial charge in [0.25, 0.3) is 0 Å². The first kappa shape index (κ1) is 37.3. The minimum atomic E-state index is -1.57. The minimum Gasteiger partial charge on any atom is -0.454 e. The van der Waals surface area contributed by atoms with Crippen LogP contribution in [0.2, 0.25) is 0 Å². The quantitative estimate of drug-likeness (QED) is 0.111. The van der Waals surface area contributed by atoms with E-state index in [2.05, 4.69) is 13.5 Å². The van der Waals surface area contributed by atoms with Crippen molar-refractivity contribution in [1.29, 1.82) is 0 Å². The van der Waals surface area contributed by atoms with Crippen LogP contribution in [0.5, 0.6) is 0 Å². The summed E-state index contributed by atoms with van der Waals surface area (Å²) in [5, 5.41) is 23.1. The Balaban J connectivity index is 1.72. The number of rotatable bonds is 10. The van der Waals surface area contributed by atoms with Gasteiger partial charge in [-0.1, -0.05) is 39.5 Å². The minimum absolute atomic E-state index is 0.292. The predicted octanol–water partition coefficient (Wildman–Crippen LogP) is 4.62. The van der Waals surface area contributed by atoms with Crippen molar-refractivity contribution in [1.82, 2.24) is 0 Å². The molecule has 0 amide bonds. The normalized spacial score (nSPS) is 39.7. The molecule has 0 aromatic heterocycles. The molecule has 11 nitrogen and oxygen atoms in total. The van der Waals surface area contributed by atoms with E-state index in [4.69, 9.17) is 28.4 Å². The molecule has 11 heteroatoms. The van der Waals surface area contributed by atoms with Gasteiger partial charge >= 0.3 is 17.9 Å². The zero-order valence-corrected chi connectivity index (χ0v) is 29.6. The topological polar surface area (TPSA) is 150 Å². The molecule has 4 aliphatic rings. The summed E-state index contributed by atoms with van der Waals surface area (Å²) in [5.74, 6) is -2.40. The highest BCUT2D eigenvalue weighted by Crippen LogP contribution is 2.70. The number of hydrogen-bond acceptors (Lipinski definition) is 11. The first-order valence-electron chi connectivity index (χ1n) is 16.8. The van der Waals surface area contributed by atoms with Crippen molar-refractivity contribution in [2.45, 2.75) is 161 Å². The van der Waals surface area contributed by atoms with Crippen molar-refractivity contribution in [2.24, 2.45) is 11.3 Å². The standard InChI is InChI=1S/C36H54O11/c1-12-19(4)28(38)43-25-23(8)42-31(27(45-30(40)21(6)14-3)26(25)44-29(39)20(5)13-2)46-33(9,10)35(41)18-17-34(11)16-15-24(37)22(7)36(34)32(35)47-36/h12,14,20,23-27,31-32,37,41H,7,13,15-18H2,1-6,8-11H3. The van der Waals surface area contributed by atoms with Crippen LogP contribution in [0.4, 0.5) is 0 Å². The molecular formula is C36H54O11. The molecule has 11 atom stereocenters. The Labute approximate surface area is 278 Å². The molecule has 11 unspecified atom stereocenters. The molecule has 2 aliphatic heterocycles. The maximum Gasteiger partial charge on any atom is 0.333 e. The van der Waals surface area contributed by atoms with Crippen molar-refractivity contribution >= 4 is 17.9 Å². The van der Waals surface area contributed by atoms with Crippen LogP contribution in [-0.4, -0.2) is 87.8 Å². The summed E-state index contributed by atoms with van der Waals surface area (Å²) in [7, 11) is 0. The van der Waals surface area contributed by atoms with Gasteiger partial charge in [-0.2, -0.15) is 0 Å². The van der Waals surface area contributed by atoms with E-state index in [9.17, 15) is 24.6 Å². The molecule has 2 N–H and O–H groups in total. The number of epoxide rings is 1. The van der Waals surface area contributed by atoms with E-state index in [1.807, 2.05) is 6.92 Å². The molecular weight excluding hydrogens is 608 g/mol. The van der Waals surface area contributed by atoms with Gasteiger partial charge in [0, 0.05) is 16.6 Å². The van der Waals surface area contributed by atoms with E-state index in [1.54, 1.807) is 67.5 Å². The summed E-state index contributed by atoms with van der Waals surface area (Å²) in [6, 6.07) is 0. The van der Waals surface area contributed by atoms with Crippen LogP contribution in [0.1, 0.15) is 101 Å². The highest BCUT2D eigenvalue weighted by atomic mass is 16.7. The zero-order chi connectivity index (χ0) is 35.3. The lowest BCUT2D eigenvalue weighted by Gasteiger charge is -2.54. The summed E-state index contributed by atoms with van der Waals surface area (Å²) in [6.07, 6.45) is -1.64. The van der Waals surface area contributed by atoms with Gasteiger partial charge in [0.15, 0.2) is 24.6 Å². The summed E-state index contributed by atoms with van der Waals surface area (Å²) >= 11 is 0. The Hall–Kier alpha value is -2.57. The molecule has 0 aromatic rings. The van der Waals surface area contributed by atoms with Gasteiger partial charge in [0.2, 0.25) is 0 Å². The summed E-state index contributed by atoms with van der Waals surface area (Å²) in [5.41, 5.74) is -2.99. The Morgan fingerprint density at radius 2 is 1.60 bits per heavy atom. The van der Waals surface area contributed by atoms with Crippen molar-refractivity contribution in [3.63, 3.8) is 0 Å². The van der Waals surface area contributed by atoms with E-state index in [0.717, 1.165) is 6.42 Å². The van der Waals surface area contributed by atoms with Crippen molar-refractivity contribution in [3.8, 4) is 0 Å². The fourth-order valence-electron chi connectivity index (χ4n) is 7.23.